The largest absolute Gasteiger partial charge is 0.367 e. The summed E-state index contributed by atoms with van der Waals surface area (Å²) in [5, 5.41) is 3.59. The van der Waals surface area contributed by atoms with E-state index >= 15 is 0 Å². The van der Waals surface area contributed by atoms with Crippen molar-refractivity contribution in [2.75, 3.05) is 24.5 Å². The van der Waals surface area contributed by atoms with E-state index in [0.717, 1.165) is 32.0 Å². The Labute approximate surface area is 119 Å². The number of nitrogens with zero attached hydrogens (tertiary/aromatic N) is 1. The van der Waals surface area contributed by atoms with Crippen LogP contribution in [0, 0.1) is 23.5 Å². The van der Waals surface area contributed by atoms with E-state index in [-0.39, 0.29) is 0 Å². The van der Waals surface area contributed by atoms with Crippen LogP contribution in [0.1, 0.15) is 26.2 Å². The van der Waals surface area contributed by atoms with Crippen LogP contribution in [-0.2, 0) is 0 Å². The zero-order valence-electron chi connectivity index (χ0n) is 11.9. The second kappa shape index (κ2) is 5.68. The Morgan fingerprint density at radius 2 is 2.05 bits per heavy atom. The van der Waals surface area contributed by atoms with Crippen molar-refractivity contribution in [3.63, 3.8) is 0 Å². The standard InChI is InChI=1S/C16H22F2N2/c1-11-7-13(19-8-12-5-6-12)10-20(9-11)15-4-2-3-14(17)16(15)18/h2-4,11-13,19H,5-10H2,1H3. The van der Waals surface area contributed by atoms with Crippen molar-refractivity contribution in [1.82, 2.24) is 5.32 Å². The number of hydrogen-bond donors (Lipinski definition) is 1. The molecule has 0 spiro atoms. The van der Waals surface area contributed by atoms with Gasteiger partial charge in [-0.3, -0.25) is 0 Å². The number of anilines is 1. The zero-order chi connectivity index (χ0) is 14.1. The maximum absolute atomic E-state index is 13.9. The van der Waals surface area contributed by atoms with Gasteiger partial charge < -0.3 is 10.2 Å². The summed E-state index contributed by atoms with van der Waals surface area (Å²) in [5.74, 6) is -0.152. The molecule has 2 nitrogen and oxygen atoms in total. The van der Waals surface area contributed by atoms with Crippen LogP contribution in [0.3, 0.4) is 0 Å². The minimum absolute atomic E-state index is 0.377. The fourth-order valence-corrected chi connectivity index (χ4v) is 3.09. The smallest absolute Gasteiger partial charge is 0.182 e. The second-order valence-electron chi connectivity index (χ2n) is 6.37. The van der Waals surface area contributed by atoms with Crippen LogP contribution in [0.15, 0.2) is 18.2 Å². The van der Waals surface area contributed by atoms with Gasteiger partial charge in [-0.1, -0.05) is 13.0 Å². The van der Waals surface area contributed by atoms with Gasteiger partial charge in [0.2, 0.25) is 0 Å². The van der Waals surface area contributed by atoms with Crippen LogP contribution < -0.4 is 10.2 Å². The minimum Gasteiger partial charge on any atom is -0.367 e. The van der Waals surface area contributed by atoms with E-state index < -0.39 is 11.6 Å². The van der Waals surface area contributed by atoms with Gasteiger partial charge in [-0.05, 0) is 49.8 Å². The molecule has 3 rings (SSSR count). The van der Waals surface area contributed by atoms with Gasteiger partial charge in [0, 0.05) is 19.1 Å². The number of rotatable bonds is 4. The maximum atomic E-state index is 13.9. The molecule has 0 radical (unpaired) electrons. The molecule has 4 heteroatoms. The average molecular weight is 280 g/mol. The molecule has 2 fully saturated rings. The fraction of sp³-hybridized carbons (Fsp3) is 0.625. The van der Waals surface area contributed by atoms with Crippen molar-refractivity contribution in [3.05, 3.63) is 29.8 Å². The zero-order valence-corrected chi connectivity index (χ0v) is 11.9. The summed E-state index contributed by atoms with van der Waals surface area (Å²) in [4.78, 5) is 1.98. The lowest BCUT2D eigenvalue weighted by molar-refractivity contribution is 0.345. The summed E-state index contributed by atoms with van der Waals surface area (Å²) in [6.45, 7) is 4.80. The molecule has 110 valence electrons. The highest BCUT2D eigenvalue weighted by atomic mass is 19.2. The molecule has 1 aliphatic carbocycles. The molecule has 20 heavy (non-hydrogen) atoms. The first-order valence-electron chi connectivity index (χ1n) is 7.56. The summed E-state index contributed by atoms with van der Waals surface area (Å²) in [6.07, 6.45) is 3.77. The van der Waals surface area contributed by atoms with E-state index in [9.17, 15) is 8.78 Å². The molecule has 1 aromatic rings. The normalized spacial score (nSPS) is 26.9. The van der Waals surface area contributed by atoms with Gasteiger partial charge in [-0.15, -0.1) is 0 Å². The van der Waals surface area contributed by atoms with E-state index in [2.05, 4.69) is 12.2 Å². The number of nitrogens with one attached hydrogen (secondary N) is 1. The predicted octanol–water partition coefficient (Wildman–Crippen LogP) is 3.18. The molecule has 0 amide bonds. The third-order valence-corrected chi connectivity index (χ3v) is 4.32. The highest BCUT2D eigenvalue weighted by Gasteiger charge is 2.28. The Morgan fingerprint density at radius 1 is 1.25 bits per heavy atom. The van der Waals surface area contributed by atoms with Gasteiger partial charge in [-0.2, -0.15) is 0 Å². The molecule has 1 aromatic carbocycles. The van der Waals surface area contributed by atoms with E-state index in [1.807, 2.05) is 4.90 Å². The third kappa shape index (κ3) is 3.11. The summed E-state index contributed by atoms with van der Waals surface area (Å²) >= 11 is 0. The van der Waals surface area contributed by atoms with Crippen LogP contribution in [0.5, 0.6) is 0 Å². The van der Waals surface area contributed by atoms with E-state index in [4.69, 9.17) is 0 Å². The van der Waals surface area contributed by atoms with E-state index in [0.29, 0.717) is 17.6 Å². The van der Waals surface area contributed by atoms with E-state index in [1.165, 1.54) is 18.9 Å². The predicted molar refractivity (Wildman–Crippen MR) is 76.9 cm³/mol. The molecule has 2 atom stereocenters. The summed E-state index contributed by atoms with van der Waals surface area (Å²) in [7, 11) is 0. The monoisotopic (exact) mass is 280 g/mol. The van der Waals surface area contributed by atoms with Gasteiger partial charge in [0.25, 0.3) is 0 Å². The fourth-order valence-electron chi connectivity index (χ4n) is 3.09. The van der Waals surface area contributed by atoms with Gasteiger partial charge in [-0.25, -0.2) is 8.78 Å². The van der Waals surface area contributed by atoms with Crippen LogP contribution in [0.4, 0.5) is 14.5 Å². The Hall–Kier alpha value is -1.16. The molecule has 1 saturated heterocycles. The van der Waals surface area contributed by atoms with Crippen LogP contribution in [-0.4, -0.2) is 25.7 Å². The Balaban J connectivity index is 1.69. The minimum atomic E-state index is -0.761. The third-order valence-electron chi connectivity index (χ3n) is 4.32. The average Bonchev–Trinajstić information content (AvgIpc) is 3.23. The second-order valence-corrected chi connectivity index (χ2v) is 6.37. The first-order valence-corrected chi connectivity index (χ1v) is 7.56. The number of halogens is 2. The number of hydrogen-bond acceptors (Lipinski definition) is 2. The van der Waals surface area contributed by atoms with Crippen molar-refractivity contribution in [3.8, 4) is 0 Å². The number of benzene rings is 1. The molecular formula is C16H22F2N2. The highest BCUT2D eigenvalue weighted by molar-refractivity contribution is 5.48. The molecule has 1 N–H and O–H groups in total. The van der Waals surface area contributed by atoms with Crippen molar-refractivity contribution in [2.45, 2.75) is 32.2 Å². The molecule has 1 saturated carbocycles. The lowest BCUT2D eigenvalue weighted by Gasteiger charge is -2.38. The van der Waals surface area contributed by atoms with Gasteiger partial charge in [0.05, 0.1) is 5.69 Å². The Bertz CT molecular complexity index is 474. The molecule has 1 aliphatic heterocycles. The van der Waals surface area contributed by atoms with E-state index in [1.54, 1.807) is 12.1 Å². The quantitative estimate of drug-likeness (QED) is 0.911. The van der Waals surface area contributed by atoms with Gasteiger partial charge in [0.15, 0.2) is 11.6 Å². The molecular weight excluding hydrogens is 258 g/mol. The molecule has 0 bridgehead atoms. The van der Waals surface area contributed by atoms with Crippen molar-refractivity contribution < 1.29 is 8.78 Å². The molecule has 2 aliphatic rings. The molecule has 1 heterocycles. The maximum Gasteiger partial charge on any atom is 0.182 e. The molecule has 2 unspecified atom stereocenters. The first kappa shape index (κ1) is 13.8. The van der Waals surface area contributed by atoms with Crippen LogP contribution in [0.2, 0.25) is 0 Å². The van der Waals surface area contributed by atoms with Crippen molar-refractivity contribution in [2.24, 2.45) is 11.8 Å². The Kier molecular flexibility index (Phi) is 3.92. The SMILES string of the molecule is CC1CC(NCC2CC2)CN(c2cccc(F)c2F)C1. The first-order chi connectivity index (χ1) is 9.63. The molecule has 0 aromatic heterocycles. The lowest BCUT2D eigenvalue weighted by atomic mass is 9.95. The lowest BCUT2D eigenvalue weighted by Crippen LogP contribution is -2.49. The topological polar surface area (TPSA) is 15.3 Å². The summed E-state index contributed by atoms with van der Waals surface area (Å²) < 4.78 is 27.3. The summed E-state index contributed by atoms with van der Waals surface area (Å²) in [5.41, 5.74) is 0.398. The van der Waals surface area contributed by atoms with Gasteiger partial charge in [0.1, 0.15) is 0 Å². The van der Waals surface area contributed by atoms with Crippen molar-refractivity contribution in [1.29, 1.82) is 0 Å². The van der Waals surface area contributed by atoms with Gasteiger partial charge >= 0.3 is 0 Å². The Morgan fingerprint density at radius 3 is 2.80 bits per heavy atom. The van der Waals surface area contributed by atoms with Crippen molar-refractivity contribution >= 4 is 5.69 Å². The summed E-state index contributed by atoms with van der Waals surface area (Å²) in [6, 6.07) is 4.81. The van der Waals surface area contributed by atoms with Crippen LogP contribution in [0.25, 0.3) is 0 Å². The number of piperidine rings is 1. The van der Waals surface area contributed by atoms with Crippen LogP contribution >= 0.6 is 0 Å². The highest BCUT2D eigenvalue weighted by Crippen LogP contribution is 2.29.